The van der Waals surface area contributed by atoms with Crippen molar-refractivity contribution in [2.24, 2.45) is 0 Å². The minimum Gasteiger partial charge on any atom is -0.480 e. The number of ether oxygens (including phenoxy) is 1. The van der Waals surface area contributed by atoms with Crippen LogP contribution in [0.2, 0.25) is 0 Å². The second-order valence-corrected chi connectivity index (χ2v) is 4.49. The van der Waals surface area contributed by atoms with Crippen LogP contribution in [0, 0.1) is 0 Å². The van der Waals surface area contributed by atoms with Crippen LogP contribution in [0.3, 0.4) is 0 Å². The van der Waals surface area contributed by atoms with Gasteiger partial charge in [0.05, 0.1) is 5.92 Å². The molecule has 5 nitrogen and oxygen atoms in total. The minimum absolute atomic E-state index is 0.0811. The molecule has 0 saturated heterocycles. The van der Waals surface area contributed by atoms with Crippen molar-refractivity contribution in [1.29, 1.82) is 0 Å². The van der Waals surface area contributed by atoms with Gasteiger partial charge in [-0.3, -0.25) is 4.79 Å². The first-order chi connectivity index (χ1) is 9.08. The lowest BCUT2D eigenvalue weighted by molar-refractivity contribution is -0.135. The van der Waals surface area contributed by atoms with E-state index in [9.17, 15) is 9.59 Å². The van der Waals surface area contributed by atoms with Crippen molar-refractivity contribution in [1.82, 2.24) is 5.32 Å². The van der Waals surface area contributed by atoms with E-state index in [4.69, 9.17) is 21.4 Å². The van der Waals surface area contributed by atoms with Gasteiger partial charge in [-0.05, 0) is 17.2 Å². The number of rotatable bonds is 4. The smallest absolute Gasteiger partial charge is 0.407 e. The summed E-state index contributed by atoms with van der Waals surface area (Å²) in [4.78, 5) is 21.5. The van der Waals surface area contributed by atoms with Crippen LogP contribution in [0.1, 0.15) is 17.0 Å². The number of alkyl carbamates (subject to hydrolysis) is 1. The number of benzene rings is 1. The second-order valence-electron chi connectivity index (χ2n) is 4.06. The molecule has 0 bridgehead atoms. The zero-order valence-corrected chi connectivity index (χ0v) is 10.7. The van der Waals surface area contributed by atoms with E-state index in [1.165, 1.54) is 0 Å². The zero-order valence-electron chi connectivity index (χ0n) is 9.93. The molecule has 1 aliphatic rings. The van der Waals surface area contributed by atoms with E-state index in [2.05, 4.69) is 5.32 Å². The van der Waals surface area contributed by atoms with E-state index in [0.29, 0.717) is 5.03 Å². The van der Waals surface area contributed by atoms with Crippen LogP contribution in [0.25, 0.3) is 6.08 Å². The van der Waals surface area contributed by atoms with E-state index < -0.39 is 18.6 Å². The summed E-state index contributed by atoms with van der Waals surface area (Å²) in [6.45, 7) is -0.387. The summed E-state index contributed by atoms with van der Waals surface area (Å²) in [6.07, 6.45) is 1.07. The Labute approximate surface area is 114 Å². The maximum Gasteiger partial charge on any atom is 0.407 e. The topological polar surface area (TPSA) is 75.6 Å². The molecule has 1 aliphatic carbocycles. The Bertz CT molecular complexity index is 541. The van der Waals surface area contributed by atoms with Crippen molar-refractivity contribution >= 4 is 29.7 Å². The van der Waals surface area contributed by atoms with Crippen LogP contribution in [0.15, 0.2) is 29.3 Å². The van der Waals surface area contributed by atoms with Gasteiger partial charge in [0.15, 0.2) is 0 Å². The van der Waals surface area contributed by atoms with E-state index in [1.54, 1.807) is 0 Å². The Kier molecular flexibility index (Phi) is 4.06. The number of nitrogens with one attached hydrogen (secondary N) is 1. The molecule has 0 aromatic heterocycles. The summed E-state index contributed by atoms with van der Waals surface area (Å²) in [5, 5.41) is 11.1. The summed E-state index contributed by atoms with van der Waals surface area (Å²) < 4.78 is 4.96. The van der Waals surface area contributed by atoms with Gasteiger partial charge < -0.3 is 15.2 Å². The fourth-order valence-corrected chi connectivity index (χ4v) is 2.18. The maximum absolute atomic E-state index is 11.3. The first-order valence-corrected chi connectivity index (χ1v) is 6.04. The van der Waals surface area contributed by atoms with Gasteiger partial charge in [0.25, 0.3) is 0 Å². The molecule has 0 saturated carbocycles. The molecule has 19 heavy (non-hydrogen) atoms. The lowest BCUT2D eigenvalue weighted by Gasteiger charge is -2.13. The number of halogens is 1. The fraction of sp³-hybridized carbons (Fsp3) is 0.231. The first-order valence-electron chi connectivity index (χ1n) is 5.66. The summed E-state index contributed by atoms with van der Waals surface area (Å²) in [6, 6.07) is 7.65. The molecule has 0 radical (unpaired) electrons. The predicted octanol–water partition coefficient (Wildman–Crippen LogP) is 2.17. The maximum atomic E-state index is 11.3. The number of fused-ring (bicyclic) bond motifs is 1. The number of hydrogen-bond donors (Lipinski definition) is 2. The SMILES string of the molecule is O=C(O)CNC(=O)OCC1C(Cl)=Cc2ccccc21. The van der Waals surface area contributed by atoms with Gasteiger partial charge in [0.1, 0.15) is 13.2 Å². The third-order valence-corrected chi connectivity index (χ3v) is 3.14. The van der Waals surface area contributed by atoms with Gasteiger partial charge in [-0.25, -0.2) is 4.79 Å². The number of carbonyl (C=O) groups is 2. The molecule has 1 atom stereocenters. The first kappa shape index (κ1) is 13.4. The van der Waals surface area contributed by atoms with Gasteiger partial charge in [-0.1, -0.05) is 35.9 Å². The molecule has 1 unspecified atom stereocenters. The molecular formula is C13H12ClNO4. The minimum atomic E-state index is -1.12. The molecule has 100 valence electrons. The highest BCUT2D eigenvalue weighted by molar-refractivity contribution is 6.33. The molecule has 6 heteroatoms. The molecule has 2 rings (SSSR count). The number of hydrogen-bond acceptors (Lipinski definition) is 3. The van der Waals surface area contributed by atoms with E-state index in [-0.39, 0.29) is 12.5 Å². The van der Waals surface area contributed by atoms with Gasteiger partial charge in [-0.15, -0.1) is 0 Å². The van der Waals surface area contributed by atoms with Crippen LogP contribution in [-0.2, 0) is 9.53 Å². The molecule has 1 aromatic rings. The molecule has 2 N–H and O–H groups in total. The largest absolute Gasteiger partial charge is 0.480 e. The predicted molar refractivity (Wildman–Crippen MR) is 70.0 cm³/mol. The van der Waals surface area contributed by atoms with Gasteiger partial charge in [0, 0.05) is 5.03 Å². The lowest BCUT2D eigenvalue weighted by Crippen LogP contribution is -2.30. The van der Waals surface area contributed by atoms with Crippen LogP contribution < -0.4 is 5.32 Å². The zero-order chi connectivity index (χ0) is 13.8. The third kappa shape index (κ3) is 3.26. The highest BCUT2D eigenvalue weighted by Crippen LogP contribution is 2.38. The van der Waals surface area contributed by atoms with Gasteiger partial charge >= 0.3 is 12.1 Å². The highest BCUT2D eigenvalue weighted by atomic mass is 35.5. The number of carbonyl (C=O) groups excluding carboxylic acids is 1. The number of carboxylic acids is 1. The van der Waals surface area contributed by atoms with E-state index in [0.717, 1.165) is 11.1 Å². The molecule has 1 aromatic carbocycles. The van der Waals surface area contributed by atoms with Crippen molar-refractivity contribution < 1.29 is 19.4 Å². The number of carboxylic acid groups (broad SMARTS) is 1. The average molecular weight is 282 g/mol. The second kappa shape index (κ2) is 5.75. The molecule has 0 spiro atoms. The van der Waals surface area contributed by atoms with Crippen LogP contribution >= 0.6 is 11.6 Å². The quantitative estimate of drug-likeness (QED) is 0.887. The summed E-state index contributed by atoms with van der Waals surface area (Å²) in [5.74, 6) is -1.31. The fourth-order valence-electron chi connectivity index (χ4n) is 1.88. The van der Waals surface area contributed by atoms with E-state index in [1.807, 2.05) is 30.3 Å². The molecule has 0 fully saturated rings. The normalized spacial score (nSPS) is 16.5. The van der Waals surface area contributed by atoms with Crippen molar-refractivity contribution in [3.05, 3.63) is 40.4 Å². The van der Waals surface area contributed by atoms with Gasteiger partial charge in [-0.2, -0.15) is 0 Å². The van der Waals surface area contributed by atoms with Crippen molar-refractivity contribution in [3.8, 4) is 0 Å². The molecule has 0 heterocycles. The lowest BCUT2D eigenvalue weighted by atomic mass is 10.0. The van der Waals surface area contributed by atoms with Gasteiger partial charge in [0.2, 0.25) is 0 Å². The van der Waals surface area contributed by atoms with Crippen molar-refractivity contribution in [2.45, 2.75) is 5.92 Å². The number of aliphatic carboxylic acids is 1. The van der Waals surface area contributed by atoms with Crippen molar-refractivity contribution in [3.63, 3.8) is 0 Å². The Morgan fingerprint density at radius 1 is 1.37 bits per heavy atom. The summed E-state index contributed by atoms with van der Waals surface area (Å²) >= 11 is 6.11. The average Bonchev–Trinajstić information content (AvgIpc) is 2.69. The Morgan fingerprint density at radius 3 is 2.84 bits per heavy atom. The van der Waals surface area contributed by atoms with E-state index >= 15 is 0 Å². The summed E-state index contributed by atoms with van der Waals surface area (Å²) in [7, 11) is 0. The molecule has 0 aliphatic heterocycles. The Hall–Kier alpha value is -2.01. The monoisotopic (exact) mass is 281 g/mol. The Morgan fingerprint density at radius 2 is 2.11 bits per heavy atom. The number of amides is 1. The molecular weight excluding hydrogens is 270 g/mol. The van der Waals surface area contributed by atoms with Crippen molar-refractivity contribution in [2.75, 3.05) is 13.2 Å². The highest BCUT2D eigenvalue weighted by Gasteiger charge is 2.25. The molecule has 1 amide bonds. The Balaban J connectivity index is 1.92. The van der Waals surface area contributed by atoms with Crippen LogP contribution in [-0.4, -0.2) is 30.3 Å². The third-order valence-electron chi connectivity index (χ3n) is 2.76. The van der Waals surface area contributed by atoms with Crippen LogP contribution in [0.5, 0.6) is 0 Å². The standard InChI is InChI=1S/C13H12ClNO4/c14-11-5-8-3-1-2-4-9(8)10(11)7-19-13(18)15-6-12(16)17/h1-5,10H,6-7H2,(H,15,18)(H,16,17). The van der Waals surface area contributed by atoms with Crippen LogP contribution in [0.4, 0.5) is 4.79 Å². The summed E-state index contributed by atoms with van der Waals surface area (Å²) in [5.41, 5.74) is 2.01.